The van der Waals surface area contributed by atoms with Crippen LogP contribution in [0.3, 0.4) is 0 Å². The largest absolute Gasteiger partial charge is 0.364 e. The zero-order chi connectivity index (χ0) is 18.2. The van der Waals surface area contributed by atoms with Gasteiger partial charge in [0.2, 0.25) is 0 Å². The van der Waals surface area contributed by atoms with Crippen LogP contribution in [0.2, 0.25) is 0 Å². The molecular formula is C17H20N6S2. The van der Waals surface area contributed by atoms with Gasteiger partial charge in [-0.25, -0.2) is 0 Å². The molecule has 2 aromatic carbocycles. The lowest BCUT2D eigenvalue weighted by atomic mass is 10.1. The predicted molar refractivity (Wildman–Crippen MR) is 114 cm³/mol. The Kier molecular flexibility index (Phi) is 6.79. The molecule has 0 radical (unpaired) electrons. The number of rotatable bonds is 4. The SMILES string of the molecule is CNC(=S)NN=C(C)C(C)=NNC(=S)Nc1ccc2ccccc2c1. The van der Waals surface area contributed by atoms with E-state index in [2.05, 4.69) is 43.8 Å². The van der Waals surface area contributed by atoms with E-state index in [1.165, 1.54) is 5.39 Å². The fourth-order valence-corrected chi connectivity index (χ4v) is 2.12. The Morgan fingerprint density at radius 2 is 1.44 bits per heavy atom. The average Bonchev–Trinajstić information content (AvgIpc) is 2.63. The molecule has 0 spiro atoms. The number of nitrogens with zero attached hydrogens (tertiary/aromatic N) is 2. The second-order valence-electron chi connectivity index (χ2n) is 5.21. The summed E-state index contributed by atoms with van der Waals surface area (Å²) in [7, 11) is 1.72. The maximum atomic E-state index is 5.27. The van der Waals surface area contributed by atoms with Crippen LogP contribution in [-0.4, -0.2) is 28.7 Å². The summed E-state index contributed by atoms with van der Waals surface area (Å²) in [5, 5.41) is 17.4. The highest BCUT2D eigenvalue weighted by Crippen LogP contribution is 2.18. The third-order valence-corrected chi connectivity index (χ3v) is 3.90. The Morgan fingerprint density at radius 3 is 2.08 bits per heavy atom. The van der Waals surface area contributed by atoms with E-state index in [1.54, 1.807) is 7.05 Å². The van der Waals surface area contributed by atoms with Crippen LogP contribution in [0, 0.1) is 0 Å². The molecule has 0 saturated heterocycles. The van der Waals surface area contributed by atoms with Gasteiger partial charge in [0, 0.05) is 12.7 Å². The molecule has 0 saturated carbocycles. The predicted octanol–water partition coefficient (Wildman–Crippen LogP) is 2.97. The van der Waals surface area contributed by atoms with Crippen LogP contribution in [0.15, 0.2) is 52.7 Å². The molecule has 0 atom stereocenters. The number of hydrogen-bond acceptors (Lipinski definition) is 4. The second kappa shape index (κ2) is 9.05. The maximum Gasteiger partial charge on any atom is 0.191 e. The van der Waals surface area contributed by atoms with Crippen LogP contribution in [-0.2, 0) is 0 Å². The minimum Gasteiger partial charge on any atom is -0.364 e. The van der Waals surface area contributed by atoms with Crippen molar-refractivity contribution in [2.24, 2.45) is 10.2 Å². The zero-order valence-corrected chi connectivity index (χ0v) is 15.9. The molecule has 2 aromatic rings. The van der Waals surface area contributed by atoms with Gasteiger partial charge in [0.25, 0.3) is 0 Å². The third kappa shape index (κ3) is 5.77. The molecule has 0 amide bonds. The lowest BCUT2D eigenvalue weighted by Crippen LogP contribution is -2.30. The minimum atomic E-state index is 0.404. The molecule has 0 aliphatic carbocycles. The summed E-state index contributed by atoms with van der Waals surface area (Å²) in [4.78, 5) is 0. The van der Waals surface area contributed by atoms with Crippen molar-refractivity contribution in [2.75, 3.05) is 12.4 Å². The van der Waals surface area contributed by atoms with Gasteiger partial charge in [0.1, 0.15) is 0 Å². The molecule has 8 heteroatoms. The second-order valence-corrected chi connectivity index (χ2v) is 6.03. The first-order valence-electron chi connectivity index (χ1n) is 7.62. The van der Waals surface area contributed by atoms with Crippen LogP contribution in [0.5, 0.6) is 0 Å². The van der Waals surface area contributed by atoms with Crippen molar-refractivity contribution in [3.8, 4) is 0 Å². The summed E-state index contributed by atoms with van der Waals surface area (Å²) in [6.45, 7) is 3.65. The Labute approximate surface area is 157 Å². The van der Waals surface area contributed by atoms with Crippen LogP contribution in [0.4, 0.5) is 5.69 Å². The fourth-order valence-electron chi connectivity index (χ4n) is 1.91. The van der Waals surface area contributed by atoms with Gasteiger partial charge in [-0.3, -0.25) is 10.9 Å². The van der Waals surface area contributed by atoms with Crippen LogP contribution in [0.25, 0.3) is 10.8 Å². The summed E-state index contributed by atoms with van der Waals surface area (Å²) in [6, 6.07) is 14.2. The standard InChI is InChI=1S/C17H20N6S2/c1-11(20-22-16(24)18-3)12(2)21-23-17(25)19-15-9-8-13-6-4-5-7-14(13)10-15/h4-10H,1-3H3,(H2,18,22,24)(H2,19,23,25). The third-order valence-electron chi connectivity index (χ3n) is 3.41. The van der Waals surface area contributed by atoms with Crippen LogP contribution < -0.4 is 21.5 Å². The molecular weight excluding hydrogens is 352 g/mol. The Morgan fingerprint density at radius 1 is 0.840 bits per heavy atom. The monoisotopic (exact) mass is 372 g/mol. The van der Waals surface area contributed by atoms with Gasteiger partial charge in [-0.1, -0.05) is 30.3 Å². The minimum absolute atomic E-state index is 0.404. The van der Waals surface area contributed by atoms with Gasteiger partial charge in [-0.2, -0.15) is 10.2 Å². The number of hydrogen-bond donors (Lipinski definition) is 4. The van der Waals surface area contributed by atoms with Gasteiger partial charge in [0.05, 0.1) is 11.4 Å². The first kappa shape index (κ1) is 18.8. The van der Waals surface area contributed by atoms with E-state index >= 15 is 0 Å². The lowest BCUT2D eigenvalue weighted by molar-refractivity contribution is 0.974. The van der Waals surface area contributed by atoms with E-state index in [1.807, 2.05) is 44.2 Å². The highest BCUT2D eigenvalue weighted by molar-refractivity contribution is 7.80. The highest BCUT2D eigenvalue weighted by Gasteiger charge is 2.01. The molecule has 0 heterocycles. The van der Waals surface area contributed by atoms with Crippen molar-refractivity contribution < 1.29 is 0 Å². The van der Waals surface area contributed by atoms with Crippen molar-refractivity contribution in [1.29, 1.82) is 0 Å². The number of thiocarbonyl (C=S) groups is 2. The van der Waals surface area contributed by atoms with Gasteiger partial charge >= 0.3 is 0 Å². The molecule has 4 N–H and O–H groups in total. The molecule has 130 valence electrons. The number of benzene rings is 2. The summed E-state index contributed by atoms with van der Waals surface area (Å²) in [5.74, 6) is 0. The molecule has 0 fully saturated rings. The van der Waals surface area contributed by atoms with Crippen molar-refractivity contribution in [1.82, 2.24) is 16.2 Å². The molecule has 0 aliphatic rings. The van der Waals surface area contributed by atoms with E-state index in [9.17, 15) is 0 Å². The number of anilines is 1. The molecule has 0 aliphatic heterocycles. The highest BCUT2D eigenvalue weighted by atomic mass is 32.1. The van der Waals surface area contributed by atoms with E-state index in [0.29, 0.717) is 21.6 Å². The maximum absolute atomic E-state index is 5.27. The number of fused-ring (bicyclic) bond motifs is 1. The van der Waals surface area contributed by atoms with Gasteiger partial charge < -0.3 is 10.6 Å². The fraction of sp³-hybridized carbons (Fsp3) is 0.176. The zero-order valence-electron chi connectivity index (χ0n) is 14.3. The first-order chi connectivity index (χ1) is 12.0. The van der Waals surface area contributed by atoms with Crippen molar-refractivity contribution in [3.63, 3.8) is 0 Å². The summed E-state index contributed by atoms with van der Waals surface area (Å²) < 4.78 is 0. The summed E-state index contributed by atoms with van der Waals surface area (Å²) >= 11 is 10.2. The summed E-state index contributed by atoms with van der Waals surface area (Å²) in [5.41, 5.74) is 7.80. The Bertz CT molecular complexity index is 844. The van der Waals surface area contributed by atoms with E-state index < -0.39 is 0 Å². The first-order valence-corrected chi connectivity index (χ1v) is 8.43. The molecule has 0 bridgehead atoms. The Balaban J connectivity index is 1.95. The molecule has 0 aromatic heterocycles. The van der Waals surface area contributed by atoms with Crippen molar-refractivity contribution in [3.05, 3.63) is 42.5 Å². The smallest absolute Gasteiger partial charge is 0.191 e. The number of nitrogens with one attached hydrogen (secondary N) is 4. The lowest BCUT2D eigenvalue weighted by Gasteiger charge is -2.09. The van der Waals surface area contributed by atoms with E-state index in [4.69, 9.17) is 24.4 Å². The number of hydrazone groups is 2. The Hall–Kier alpha value is -2.58. The van der Waals surface area contributed by atoms with E-state index in [-0.39, 0.29) is 0 Å². The van der Waals surface area contributed by atoms with E-state index in [0.717, 1.165) is 11.1 Å². The van der Waals surface area contributed by atoms with Gasteiger partial charge in [0.15, 0.2) is 10.2 Å². The molecule has 0 unspecified atom stereocenters. The van der Waals surface area contributed by atoms with Crippen LogP contribution >= 0.6 is 24.4 Å². The molecule has 6 nitrogen and oxygen atoms in total. The van der Waals surface area contributed by atoms with Crippen molar-refractivity contribution in [2.45, 2.75) is 13.8 Å². The average molecular weight is 373 g/mol. The molecule has 2 rings (SSSR count). The van der Waals surface area contributed by atoms with Gasteiger partial charge in [-0.05, 0) is 61.2 Å². The quantitative estimate of drug-likeness (QED) is 0.376. The van der Waals surface area contributed by atoms with Gasteiger partial charge in [-0.15, -0.1) is 0 Å². The van der Waals surface area contributed by atoms with Crippen LogP contribution in [0.1, 0.15) is 13.8 Å². The summed E-state index contributed by atoms with van der Waals surface area (Å²) in [6.07, 6.45) is 0. The normalized spacial score (nSPS) is 11.8. The topological polar surface area (TPSA) is 72.8 Å². The molecule has 25 heavy (non-hydrogen) atoms. The van der Waals surface area contributed by atoms with Crippen molar-refractivity contribution >= 4 is 62.5 Å².